The molecule has 0 unspecified atom stereocenters. The predicted molar refractivity (Wildman–Crippen MR) is 114 cm³/mol. The Kier molecular flexibility index (Phi) is 6.18. The summed E-state index contributed by atoms with van der Waals surface area (Å²) in [6.45, 7) is 3.41. The molecule has 2 aromatic rings. The highest BCUT2D eigenvalue weighted by Crippen LogP contribution is 2.41. The molecule has 0 spiro atoms. The molecule has 0 saturated heterocycles. The highest BCUT2D eigenvalue weighted by Gasteiger charge is 2.44. The molecule has 1 atom stereocenters. The van der Waals surface area contributed by atoms with Crippen molar-refractivity contribution in [2.24, 2.45) is 5.92 Å². The Bertz CT molecular complexity index is 1060. The number of nitrogens with zero attached hydrogens (tertiary/aromatic N) is 2. The van der Waals surface area contributed by atoms with E-state index in [2.05, 4.69) is 5.32 Å². The molecule has 1 aliphatic rings. The normalized spacial score (nSPS) is 16.2. The van der Waals surface area contributed by atoms with Gasteiger partial charge in [-0.2, -0.15) is 4.31 Å². The van der Waals surface area contributed by atoms with E-state index in [-0.39, 0.29) is 23.3 Å². The van der Waals surface area contributed by atoms with Crippen LogP contribution >= 0.6 is 11.3 Å². The summed E-state index contributed by atoms with van der Waals surface area (Å²) < 4.78 is 27.0. The predicted octanol–water partition coefficient (Wildman–Crippen LogP) is 2.10. The number of anilines is 2. The van der Waals surface area contributed by atoms with Crippen molar-refractivity contribution in [1.82, 2.24) is 9.79 Å². The topological polar surface area (TPSA) is 119 Å². The van der Waals surface area contributed by atoms with Crippen molar-refractivity contribution in [3.63, 3.8) is 0 Å². The Labute approximate surface area is 179 Å². The Morgan fingerprint density at radius 3 is 2.33 bits per heavy atom. The molecule has 2 amide bonds. The third kappa shape index (κ3) is 4.06. The first kappa shape index (κ1) is 22.2. The summed E-state index contributed by atoms with van der Waals surface area (Å²) in [7, 11) is -0.120. The number of carbonyl (C=O) groups is 2. The summed E-state index contributed by atoms with van der Waals surface area (Å²) >= 11 is 1.15. The second-order valence-electron chi connectivity index (χ2n) is 7.51. The Morgan fingerprint density at radius 2 is 1.83 bits per heavy atom. The van der Waals surface area contributed by atoms with E-state index < -0.39 is 22.0 Å². The van der Waals surface area contributed by atoms with Crippen molar-refractivity contribution in [2.45, 2.75) is 31.3 Å². The molecule has 1 aromatic carbocycles. The summed E-state index contributed by atoms with van der Waals surface area (Å²) in [5.41, 5.74) is 2.96. The zero-order chi connectivity index (χ0) is 22.2. The molecule has 0 bridgehead atoms. The average Bonchev–Trinajstić information content (AvgIpc) is 3.19. The van der Waals surface area contributed by atoms with E-state index in [1.54, 1.807) is 31.5 Å². The number of hydrogen-bond donors (Lipinski definition) is 3. The lowest BCUT2D eigenvalue weighted by atomic mass is 10.0. The van der Waals surface area contributed by atoms with Crippen LogP contribution < -0.4 is 15.7 Å². The minimum atomic E-state index is -3.93. The molecule has 3 rings (SSSR count). The van der Waals surface area contributed by atoms with Crippen LogP contribution in [0.3, 0.4) is 0 Å². The van der Waals surface area contributed by atoms with Gasteiger partial charge in [0.25, 0.3) is 11.8 Å². The van der Waals surface area contributed by atoms with Gasteiger partial charge in [-0.25, -0.2) is 13.9 Å². The van der Waals surface area contributed by atoms with Crippen LogP contribution in [0.25, 0.3) is 0 Å². The van der Waals surface area contributed by atoms with Gasteiger partial charge in [0.05, 0.1) is 16.4 Å². The largest absolute Gasteiger partial charge is 0.378 e. The van der Waals surface area contributed by atoms with E-state index in [4.69, 9.17) is 5.21 Å². The van der Waals surface area contributed by atoms with Gasteiger partial charge in [0, 0.05) is 30.2 Å². The monoisotopic (exact) mass is 452 g/mol. The molecule has 0 saturated carbocycles. The summed E-state index contributed by atoms with van der Waals surface area (Å²) in [6, 6.07) is 7.42. The van der Waals surface area contributed by atoms with Gasteiger partial charge in [0.2, 0.25) is 10.0 Å². The fraction of sp³-hybridized carbons (Fsp3) is 0.368. The van der Waals surface area contributed by atoms with E-state index in [9.17, 15) is 18.0 Å². The molecule has 11 heteroatoms. The molecule has 1 aliphatic heterocycles. The summed E-state index contributed by atoms with van der Waals surface area (Å²) in [5, 5.41) is 12.1. The van der Waals surface area contributed by atoms with Gasteiger partial charge < -0.3 is 10.2 Å². The zero-order valence-electron chi connectivity index (χ0n) is 17.0. The fourth-order valence-electron chi connectivity index (χ4n) is 3.33. The van der Waals surface area contributed by atoms with Crippen molar-refractivity contribution < 1.29 is 23.2 Å². The molecule has 9 nitrogen and oxygen atoms in total. The van der Waals surface area contributed by atoms with Crippen molar-refractivity contribution in [2.75, 3.05) is 24.3 Å². The van der Waals surface area contributed by atoms with Crippen LogP contribution in [0.4, 0.5) is 10.7 Å². The number of nitrogens with one attached hydrogen (secondary N) is 2. The van der Waals surface area contributed by atoms with Gasteiger partial charge in [-0.15, -0.1) is 11.3 Å². The first-order valence-corrected chi connectivity index (χ1v) is 11.5. The summed E-state index contributed by atoms with van der Waals surface area (Å²) in [5.74, 6) is -1.46. The van der Waals surface area contributed by atoms with E-state index in [0.717, 1.165) is 21.3 Å². The molecule has 0 aliphatic carbocycles. The number of fused-ring (bicyclic) bond motifs is 1. The molecular weight excluding hydrogens is 428 g/mol. The number of hydroxylamine groups is 1. The van der Waals surface area contributed by atoms with E-state index >= 15 is 0 Å². The molecule has 30 heavy (non-hydrogen) atoms. The van der Waals surface area contributed by atoms with Crippen LogP contribution in [-0.4, -0.2) is 49.9 Å². The Morgan fingerprint density at radius 1 is 1.20 bits per heavy atom. The number of amides is 2. The smallest absolute Gasteiger partial charge is 0.262 e. The molecule has 2 heterocycles. The second kappa shape index (κ2) is 8.34. The lowest BCUT2D eigenvalue weighted by Crippen LogP contribution is -2.49. The van der Waals surface area contributed by atoms with Gasteiger partial charge in [-0.1, -0.05) is 13.8 Å². The van der Waals surface area contributed by atoms with Gasteiger partial charge >= 0.3 is 0 Å². The maximum absolute atomic E-state index is 13.0. The van der Waals surface area contributed by atoms with Crippen molar-refractivity contribution in [3.05, 3.63) is 40.8 Å². The van der Waals surface area contributed by atoms with E-state index in [0.29, 0.717) is 15.4 Å². The highest BCUT2D eigenvalue weighted by molar-refractivity contribution is 7.89. The van der Waals surface area contributed by atoms with Crippen LogP contribution in [0, 0.1) is 5.92 Å². The number of thiophene rings is 1. The van der Waals surface area contributed by atoms with E-state index in [1.165, 1.54) is 6.07 Å². The maximum Gasteiger partial charge on any atom is 0.262 e. The van der Waals surface area contributed by atoms with Crippen LogP contribution in [-0.2, 0) is 21.4 Å². The third-order valence-corrected chi connectivity index (χ3v) is 7.92. The van der Waals surface area contributed by atoms with E-state index in [1.807, 2.05) is 31.1 Å². The first-order valence-electron chi connectivity index (χ1n) is 9.23. The Hall–Kier alpha value is -2.47. The van der Waals surface area contributed by atoms with Crippen molar-refractivity contribution >= 4 is 43.9 Å². The van der Waals surface area contributed by atoms with Gasteiger partial charge in [0.15, 0.2) is 0 Å². The lowest BCUT2D eigenvalue weighted by molar-refractivity contribution is -0.134. The molecular formula is C19H24N4O5S2. The van der Waals surface area contributed by atoms with Crippen LogP contribution in [0.1, 0.15) is 29.1 Å². The maximum atomic E-state index is 13.0. The number of rotatable bonds is 6. The first-order chi connectivity index (χ1) is 14.1. The average molecular weight is 453 g/mol. The number of sulfonamides is 1. The standard InChI is InChI=1S/C19H24N4O5S2/c1-11(2)17(19(25)21-26)23-10-14-15(30(23,27)28)9-16(29-14)20-18(24)12-5-7-13(8-6-12)22(3)4/h5-9,11,17,26H,10H2,1-4H3,(H,20,24)(H,21,25)/t17-/m1/s1. The highest BCUT2D eigenvalue weighted by atomic mass is 32.2. The molecule has 3 N–H and O–H groups in total. The number of hydrogen-bond acceptors (Lipinski definition) is 7. The van der Waals surface area contributed by atoms with Gasteiger partial charge in [0.1, 0.15) is 6.04 Å². The van der Waals surface area contributed by atoms with Crippen molar-refractivity contribution in [3.8, 4) is 0 Å². The van der Waals surface area contributed by atoms with Gasteiger partial charge in [-0.05, 0) is 36.2 Å². The minimum absolute atomic E-state index is 0.00595. The second-order valence-corrected chi connectivity index (χ2v) is 10.5. The Balaban J connectivity index is 1.80. The lowest BCUT2D eigenvalue weighted by Gasteiger charge is -2.27. The molecule has 162 valence electrons. The van der Waals surface area contributed by atoms with Crippen LogP contribution in [0.2, 0.25) is 0 Å². The van der Waals surface area contributed by atoms with Crippen LogP contribution in [0.15, 0.2) is 35.2 Å². The summed E-state index contributed by atoms with van der Waals surface area (Å²) in [6.07, 6.45) is 0. The van der Waals surface area contributed by atoms with Crippen molar-refractivity contribution in [1.29, 1.82) is 0 Å². The number of benzene rings is 1. The zero-order valence-corrected chi connectivity index (χ0v) is 18.7. The molecule has 1 aromatic heterocycles. The SMILES string of the molecule is CC(C)[C@H](C(=O)NO)N1Cc2sc(NC(=O)c3ccc(N(C)C)cc3)cc2S1(=O)=O. The summed E-state index contributed by atoms with van der Waals surface area (Å²) in [4.78, 5) is 27.1. The third-order valence-electron chi connectivity index (χ3n) is 4.86. The van der Waals surface area contributed by atoms with Crippen LogP contribution in [0.5, 0.6) is 0 Å². The quantitative estimate of drug-likeness (QED) is 0.456. The fourth-order valence-corrected chi connectivity index (χ4v) is 6.69. The minimum Gasteiger partial charge on any atom is -0.378 e. The number of carbonyl (C=O) groups excluding carboxylic acids is 2. The molecule has 0 fully saturated rings. The molecule has 0 radical (unpaired) electrons. The van der Waals surface area contributed by atoms with Gasteiger partial charge in [-0.3, -0.25) is 14.8 Å².